The second-order valence-corrected chi connectivity index (χ2v) is 9.06. The predicted molar refractivity (Wildman–Crippen MR) is 147 cm³/mol. The van der Waals surface area contributed by atoms with Crippen molar-refractivity contribution in [1.29, 1.82) is 0 Å². The number of hydrogen-bond acceptors (Lipinski definition) is 6. The van der Waals surface area contributed by atoms with Crippen LogP contribution in [0.3, 0.4) is 0 Å². The van der Waals surface area contributed by atoms with Gasteiger partial charge in [0.2, 0.25) is 5.95 Å². The second-order valence-electron chi connectivity index (χ2n) is 9.06. The molecule has 0 saturated carbocycles. The average Bonchev–Trinajstić information content (AvgIpc) is 2.91. The van der Waals surface area contributed by atoms with Gasteiger partial charge >= 0.3 is 6.18 Å². The minimum absolute atomic E-state index is 0.327. The van der Waals surface area contributed by atoms with Crippen LogP contribution >= 0.6 is 0 Å². The maximum atomic E-state index is 12.9. The quantitative estimate of drug-likeness (QED) is 0.163. The summed E-state index contributed by atoms with van der Waals surface area (Å²) in [7, 11) is 0. The van der Waals surface area contributed by atoms with E-state index in [1.54, 1.807) is 18.2 Å². The molecule has 38 heavy (non-hydrogen) atoms. The predicted octanol–water partition coefficient (Wildman–Crippen LogP) is 8.09. The molecule has 1 atom stereocenters. The zero-order valence-corrected chi connectivity index (χ0v) is 21.7. The van der Waals surface area contributed by atoms with Crippen molar-refractivity contribution in [3.8, 4) is 0 Å². The minimum atomic E-state index is -4.40. The molecule has 0 saturated heterocycles. The molecule has 9 heteroatoms. The SMILES string of the molecule is CCCC(CC)c1ccc2c(CC)nc(N/N=C/c3ccc(Nc4cccc(C(F)(F)F)c4)cn3)nc2c1. The van der Waals surface area contributed by atoms with Gasteiger partial charge in [-0.3, -0.25) is 4.98 Å². The molecular formula is C29H31F3N6. The van der Waals surface area contributed by atoms with E-state index in [0.717, 1.165) is 54.4 Å². The number of aryl methyl sites for hydroxylation is 1. The number of anilines is 3. The summed E-state index contributed by atoms with van der Waals surface area (Å²) in [5.74, 6) is 0.921. The van der Waals surface area contributed by atoms with E-state index in [4.69, 9.17) is 4.98 Å². The molecule has 0 fully saturated rings. The van der Waals surface area contributed by atoms with Gasteiger partial charge in [0.05, 0.1) is 40.6 Å². The van der Waals surface area contributed by atoms with Crippen LogP contribution in [0.15, 0.2) is 65.9 Å². The van der Waals surface area contributed by atoms with Crippen LogP contribution in [-0.2, 0) is 12.6 Å². The fourth-order valence-electron chi connectivity index (χ4n) is 4.39. The summed E-state index contributed by atoms with van der Waals surface area (Å²) in [5, 5.41) is 8.22. The van der Waals surface area contributed by atoms with Gasteiger partial charge in [0.1, 0.15) is 0 Å². The lowest BCUT2D eigenvalue weighted by atomic mass is 9.91. The van der Waals surface area contributed by atoms with E-state index in [1.165, 1.54) is 24.0 Å². The number of aromatic nitrogens is 3. The smallest absolute Gasteiger partial charge is 0.354 e. The molecule has 2 aromatic carbocycles. The fraction of sp³-hybridized carbons (Fsp3) is 0.310. The minimum Gasteiger partial charge on any atom is -0.354 e. The average molecular weight is 521 g/mol. The molecule has 198 valence electrons. The Bertz CT molecular complexity index is 1400. The molecule has 0 bridgehead atoms. The lowest BCUT2D eigenvalue weighted by Gasteiger charge is -2.15. The number of pyridine rings is 1. The highest BCUT2D eigenvalue weighted by atomic mass is 19.4. The molecule has 0 aliphatic carbocycles. The number of nitrogens with one attached hydrogen (secondary N) is 2. The highest BCUT2D eigenvalue weighted by molar-refractivity contribution is 5.83. The van der Waals surface area contributed by atoms with Crippen LogP contribution < -0.4 is 10.7 Å². The Balaban J connectivity index is 1.46. The van der Waals surface area contributed by atoms with Gasteiger partial charge in [-0.1, -0.05) is 45.4 Å². The molecule has 4 aromatic rings. The molecule has 0 spiro atoms. The molecule has 2 aromatic heterocycles. The highest BCUT2D eigenvalue weighted by Crippen LogP contribution is 2.31. The molecule has 2 N–H and O–H groups in total. The molecule has 0 aliphatic heterocycles. The molecule has 4 rings (SSSR count). The zero-order valence-electron chi connectivity index (χ0n) is 21.7. The Hall–Kier alpha value is -4.01. The van der Waals surface area contributed by atoms with Crippen LogP contribution in [-0.4, -0.2) is 21.2 Å². The third kappa shape index (κ3) is 6.65. The van der Waals surface area contributed by atoms with Crippen molar-refractivity contribution in [2.45, 2.75) is 58.5 Å². The summed E-state index contributed by atoms with van der Waals surface area (Å²) >= 11 is 0. The van der Waals surface area contributed by atoms with Crippen molar-refractivity contribution >= 4 is 34.4 Å². The van der Waals surface area contributed by atoms with Crippen molar-refractivity contribution in [2.24, 2.45) is 5.10 Å². The molecule has 0 aliphatic rings. The van der Waals surface area contributed by atoms with Crippen LogP contribution in [0.2, 0.25) is 0 Å². The van der Waals surface area contributed by atoms with Crippen LogP contribution in [0, 0.1) is 0 Å². The molecule has 2 heterocycles. The van der Waals surface area contributed by atoms with Gasteiger partial charge in [-0.25, -0.2) is 15.4 Å². The van der Waals surface area contributed by atoms with E-state index in [2.05, 4.69) is 64.8 Å². The number of hydrazone groups is 1. The van der Waals surface area contributed by atoms with E-state index in [-0.39, 0.29) is 0 Å². The Morgan fingerprint density at radius 2 is 1.82 bits per heavy atom. The summed E-state index contributed by atoms with van der Waals surface area (Å²) in [5.41, 5.74) is 6.78. The van der Waals surface area contributed by atoms with Gasteiger partial charge < -0.3 is 5.32 Å². The van der Waals surface area contributed by atoms with Crippen LogP contribution in [0.25, 0.3) is 10.9 Å². The van der Waals surface area contributed by atoms with Crippen LogP contribution in [0.1, 0.15) is 68.5 Å². The first-order valence-corrected chi connectivity index (χ1v) is 12.8. The topological polar surface area (TPSA) is 75.1 Å². The molecular weight excluding hydrogens is 489 g/mol. The lowest BCUT2D eigenvalue weighted by molar-refractivity contribution is -0.137. The van der Waals surface area contributed by atoms with E-state index < -0.39 is 11.7 Å². The zero-order chi connectivity index (χ0) is 27.1. The maximum absolute atomic E-state index is 12.9. The number of alkyl halides is 3. The normalized spacial score (nSPS) is 12.7. The van der Waals surface area contributed by atoms with E-state index in [9.17, 15) is 13.2 Å². The molecule has 0 amide bonds. The number of hydrogen-bond donors (Lipinski definition) is 2. The maximum Gasteiger partial charge on any atom is 0.416 e. The summed E-state index contributed by atoms with van der Waals surface area (Å²) in [6, 6.07) is 14.9. The Morgan fingerprint density at radius 3 is 2.50 bits per heavy atom. The summed E-state index contributed by atoms with van der Waals surface area (Å²) < 4.78 is 38.8. The van der Waals surface area contributed by atoms with Crippen molar-refractivity contribution in [1.82, 2.24) is 15.0 Å². The monoisotopic (exact) mass is 520 g/mol. The lowest BCUT2D eigenvalue weighted by Crippen LogP contribution is -2.05. The molecule has 6 nitrogen and oxygen atoms in total. The summed E-state index contributed by atoms with van der Waals surface area (Å²) in [4.78, 5) is 13.6. The Kier molecular flexibility index (Phi) is 8.55. The van der Waals surface area contributed by atoms with Crippen LogP contribution in [0.5, 0.6) is 0 Å². The van der Waals surface area contributed by atoms with Gasteiger partial charge in [0.25, 0.3) is 0 Å². The number of rotatable bonds is 10. The van der Waals surface area contributed by atoms with Crippen molar-refractivity contribution in [2.75, 3.05) is 10.7 Å². The van der Waals surface area contributed by atoms with E-state index in [1.807, 2.05) is 0 Å². The van der Waals surface area contributed by atoms with Gasteiger partial charge in [-0.2, -0.15) is 18.3 Å². The number of halogens is 3. The summed E-state index contributed by atoms with van der Waals surface area (Å²) in [6.07, 6.45) is 2.81. The summed E-state index contributed by atoms with van der Waals surface area (Å²) in [6.45, 7) is 6.48. The number of fused-ring (bicyclic) bond motifs is 1. The number of nitrogens with zero attached hydrogens (tertiary/aromatic N) is 4. The highest BCUT2D eigenvalue weighted by Gasteiger charge is 2.30. The van der Waals surface area contributed by atoms with E-state index >= 15 is 0 Å². The third-order valence-electron chi connectivity index (χ3n) is 6.36. The van der Waals surface area contributed by atoms with Gasteiger partial charge in [-0.15, -0.1) is 0 Å². The largest absolute Gasteiger partial charge is 0.416 e. The first kappa shape index (κ1) is 27.0. The van der Waals surface area contributed by atoms with Crippen molar-refractivity contribution in [3.63, 3.8) is 0 Å². The van der Waals surface area contributed by atoms with Crippen molar-refractivity contribution in [3.05, 3.63) is 83.3 Å². The second kappa shape index (κ2) is 12.0. The molecule has 1 unspecified atom stereocenters. The number of benzene rings is 2. The Morgan fingerprint density at radius 1 is 0.974 bits per heavy atom. The Labute approximate surface area is 220 Å². The van der Waals surface area contributed by atoms with Crippen molar-refractivity contribution < 1.29 is 13.2 Å². The molecule has 0 radical (unpaired) electrons. The standard InChI is InChI=1S/C29H31F3N6/c1-4-8-19(5-2)20-11-14-25-26(6-3)36-28(37-27(25)15-20)38-34-18-23-12-13-24(17-33-23)35-22-10-7-9-21(16-22)29(30,31)32/h7,9-19,35H,4-6,8H2,1-3H3,(H,36,37,38)/b34-18+. The fourth-order valence-corrected chi connectivity index (χ4v) is 4.39. The third-order valence-corrected chi connectivity index (χ3v) is 6.36. The first-order valence-electron chi connectivity index (χ1n) is 12.8. The van der Waals surface area contributed by atoms with E-state index in [0.29, 0.717) is 28.9 Å². The van der Waals surface area contributed by atoms with Gasteiger partial charge in [0.15, 0.2) is 0 Å². The first-order chi connectivity index (χ1) is 18.3. The van der Waals surface area contributed by atoms with Gasteiger partial charge in [-0.05, 0) is 67.1 Å². The van der Waals surface area contributed by atoms with Crippen LogP contribution in [0.4, 0.5) is 30.5 Å². The van der Waals surface area contributed by atoms with Gasteiger partial charge in [0, 0.05) is 11.1 Å².